The summed E-state index contributed by atoms with van der Waals surface area (Å²) in [6.45, 7) is 1.17. The van der Waals surface area contributed by atoms with Gasteiger partial charge >= 0.3 is 0 Å². The highest BCUT2D eigenvalue weighted by atomic mass is 19.1. The third-order valence-corrected chi connectivity index (χ3v) is 2.15. The number of amides is 1. The van der Waals surface area contributed by atoms with Crippen molar-refractivity contribution in [2.75, 3.05) is 6.54 Å². The number of halogens is 1. The molecule has 88 valence electrons. The normalized spacial score (nSPS) is 14.2. The summed E-state index contributed by atoms with van der Waals surface area (Å²) in [7, 11) is 0. The zero-order chi connectivity index (χ0) is 12.1. The Morgan fingerprint density at radius 2 is 2.06 bits per heavy atom. The average Bonchev–Trinajstić information content (AvgIpc) is 2.25. The molecule has 0 bridgehead atoms. The molecular formula is C11H14FNO3. The quantitative estimate of drug-likeness (QED) is 0.695. The Kier molecular flexibility index (Phi) is 4.39. The fourth-order valence-corrected chi connectivity index (χ4v) is 1.28. The monoisotopic (exact) mass is 227 g/mol. The number of nitrogens with one attached hydrogen (secondary N) is 1. The molecule has 0 radical (unpaired) electrons. The van der Waals surface area contributed by atoms with Crippen molar-refractivity contribution < 1.29 is 19.4 Å². The number of carbonyl (C=O) groups excluding carboxylic acids is 1. The second-order valence-corrected chi connectivity index (χ2v) is 3.47. The lowest BCUT2D eigenvalue weighted by molar-refractivity contribution is -0.119. The van der Waals surface area contributed by atoms with E-state index in [2.05, 4.69) is 5.32 Å². The number of rotatable bonds is 4. The van der Waals surface area contributed by atoms with E-state index in [1.165, 1.54) is 25.1 Å². The average molecular weight is 227 g/mol. The third-order valence-electron chi connectivity index (χ3n) is 2.15. The smallest absolute Gasteiger partial charge is 0.216 e. The summed E-state index contributed by atoms with van der Waals surface area (Å²) in [4.78, 5) is 10.6. The van der Waals surface area contributed by atoms with Crippen LogP contribution in [0.25, 0.3) is 0 Å². The third kappa shape index (κ3) is 3.29. The van der Waals surface area contributed by atoms with Gasteiger partial charge in [-0.2, -0.15) is 0 Å². The van der Waals surface area contributed by atoms with Gasteiger partial charge in [0, 0.05) is 19.0 Å². The zero-order valence-electron chi connectivity index (χ0n) is 8.85. The van der Waals surface area contributed by atoms with Gasteiger partial charge in [0.15, 0.2) is 0 Å². The van der Waals surface area contributed by atoms with E-state index in [1.807, 2.05) is 0 Å². The van der Waals surface area contributed by atoms with E-state index in [1.54, 1.807) is 6.07 Å². The molecule has 0 fully saturated rings. The van der Waals surface area contributed by atoms with E-state index in [4.69, 9.17) is 0 Å². The van der Waals surface area contributed by atoms with E-state index in [-0.39, 0.29) is 18.0 Å². The van der Waals surface area contributed by atoms with Crippen molar-refractivity contribution >= 4 is 5.91 Å². The predicted molar refractivity (Wildman–Crippen MR) is 56.1 cm³/mol. The number of hydrogen-bond acceptors (Lipinski definition) is 3. The first kappa shape index (κ1) is 12.6. The van der Waals surface area contributed by atoms with E-state index < -0.39 is 18.0 Å². The molecule has 0 aliphatic carbocycles. The van der Waals surface area contributed by atoms with Gasteiger partial charge in [-0.05, 0) is 6.07 Å². The van der Waals surface area contributed by atoms with Crippen LogP contribution in [0.4, 0.5) is 4.39 Å². The highest BCUT2D eigenvalue weighted by molar-refractivity contribution is 5.72. The van der Waals surface area contributed by atoms with E-state index in [0.29, 0.717) is 0 Å². The van der Waals surface area contributed by atoms with Crippen molar-refractivity contribution in [3.63, 3.8) is 0 Å². The molecule has 0 heterocycles. The van der Waals surface area contributed by atoms with E-state index in [0.717, 1.165) is 0 Å². The van der Waals surface area contributed by atoms with E-state index >= 15 is 0 Å². The summed E-state index contributed by atoms with van der Waals surface area (Å²) < 4.78 is 13.2. The number of aliphatic hydroxyl groups excluding tert-OH is 2. The van der Waals surface area contributed by atoms with Crippen LogP contribution >= 0.6 is 0 Å². The maximum absolute atomic E-state index is 13.2. The molecular weight excluding hydrogens is 213 g/mol. The molecule has 5 heteroatoms. The number of aliphatic hydroxyl groups is 2. The SMILES string of the molecule is CC(=O)NCC(O)C(O)c1ccccc1F. The fourth-order valence-electron chi connectivity index (χ4n) is 1.28. The Balaban J connectivity index is 2.66. The molecule has 2 unspecified atom stereocenters. The second-order valence-electron chi connectivity index (χ2n) is 3.47. The summed E-state index contributed by atoms with van der Waals surface area (Å²) in [5.74, 6) is -0.906. The molecule has 1 amide bonds. The first-order valence-corrected chi connectivity index (χ1v) is 4.87. The molecule has 16 heavy (non-hydrogen) atoms. The van der Waals surface area contributed by atoms with Crippen molar-refractivity contribution in [1.29, 1.82) is 0 Å². The van der Waals surface area contributed by atoms with Gasteiger partial charge in [-0.15, -0.1) is 0 Å². The molecule has 2 atom stereocenters. The first-order chi connectivity index (χ1) is 7.52. The zero-order valence-corrected chi connectivity index (χ0v) is 8.85. The Bertz CT molecular complexity index is 370. The summed E-state index contributed by atoms with van der Waals surface area (Å²) in [5, 5.41) is 21.5. The van der Waals surface area contributed by atoms with Crippen molar-refractivity contribution in [3.8, 4) is 0 Å². The van der Waals surface area contributed by atoms with Gasteiger partial charge in [-0.3, -0.25) is 4.79 Å². The molecule has 0 aliphatic rings. The topological polar surface area (TPSA) is 69.6 Å². The van der Waals surface area contributed by atoms with Crippen LogP contribution in [0.15, 0.2) is 24.3 Å². The van der Waals surface area contributed by atoms with Gasteiger partial charge in [-0.1, -0.05) is 18.2 Å². The molecule has 1 rings (SSSR count). The minimum atomic E-state index is -1.35. The molecule has 1 aromatic carbocycles. The minimum absolute atomic E-state index is 0.0142. The number of carbonyl (C=O) groups is 1. The highest BCUT2D eigenvalue weighted by Gasteiger charge is 2.21. The summed E-state index contributed by atoms with van der Waals surface area (Å²) >= 11 is 0. The van der Waals surface area contributed by atoms with Crippen LogP contribution in [0.5, 0.6) is 0 Å². The Morgan fingerprint density at radius 3 is 2.62 bits per heavy atom. The van der Waals surface area contributed by atoms with Crippen molar-refractivity contribution in [2.45, 2.75) is 19.1 Å². The minimum Gasteiger partial charge on any atom is -0.388 e. The lowest BCUT2D eigenvalue weighted by Gasteiger charge is -2.18. The molecule has 0 aromatic heterocycles. The lowest BCUT2D eigenvalue weighted by atomic mass is 10.0. The molecule has 4 nitrogen and oxygen atoms in total. The Labute approximate surface area is 92.7 Å². The molecule has 0 saturated heterocycles. The van der Waals surface area contributed by atoms with Crippen LogP contribution in [0, 0.1) is 5.82 Å². The van der Waals surface area contributed by atoms with Gasteiger partial charge in [-0.25, -0.2) is 4.39 Å². The second kappa shape index (κ2) is 5.58. The van der Waals surface area contributed by atoms with Crippen LogP contribution in [0.2, 0.25) is 0 Å². The largest absolute Gasteiger partial charge is 0.388 e. The predicted octanol–water partition coefficient (Wildman–Crippen LogP) is 0.356. The Hall–Kier alpha value is -1.46. The summed E-state index contributed by atoms with van der Waals surface area (Å²) in [6, 6.07) is 5.64. The summed E-state index contributed by atoms with van der Waals surface area (Å²) in [5.41, 5.74) is 0.0142. The van der Waals surface area contributed by atoms with Crippen molar-refractivity contribution in [2.24, 2.45) is 0 Å². The highest BCUT2D eigenvalue weighted by Crippen LogP contribution is 2.19. The van der Waals surface area contributed by atoms with Gasteiger partial charge in [0.25, 0.3) is 0 Å². The van der Waals surface area contributed by atoms with Crippen LogP contribution in [0.3, 0.4) is 0 Å². The fraction of sp³-hybridized carbons (Fsp3) is 0.364. The van der Waals surface area contributed by atoms with E-state index in [9.17, 15) is 19.4 Å². The molecule has 0 spiro atoms. The van der Waals surface area contributed by atoms with Gasteiger partial charge in [0.2, 0.25) is 5.91 Å². The van der Waals surface area contributed by atoms with Crippen LogP contribution in [-0.2, 0) is 4.79 Å². The number of benzene rings is 1. The molecule has 0 aliphatic heterocycles. The molecule has 1 aromatic rings. The van der Waals surface area contributed by atoms with Gasteiger partial charge in [0.05, 0.1) is 0 Å². The lowest BCUT2D eigenvalue weighted by Crippen LogP contribution is -2.34. The molecule has 0 saturated carbocycles. The van der Waals surface area contributed by atoms with Crippen molar-refractivity contribution in [1.82, 2.24) is 5.32 Å². The summed E-state index contributed by atoms with van der Waals surface area (Å²) in [6.07, 6.45) is -2.59. The van der Waals surface area contributed by atoms with Gasteiger partial charge < -0.3 is 15.5 Å². The Morgan fingerprint density at radius 1 is 1.44 bits per heavy atom. The maximum atomic E-state index is 13.2. The van der Waals surface area contributed by atoms with Crippen LogP contribution in [-0.4, -0.2) is 28.8 Å². The van der Waals surface area contributed by atoms with Crippen molar-refractivity contribution in [3.05, 3.63) is 35.6 Å². The van der Waals surface area contributed by atoms with Crippen LogP contribution < -0.4 is 5.32 Å². The van der Waals surface area contributed by atoms with Gasteiger partial charge in [0.1, 0.15) is 18.0 Å². The van der Waals surface area contributed by atoms with Crippen LogP contribution in [0.1, 0.15) is 18.6 Å². The first-order valence-electron chi connectivity index (χ1n) is 4.87. The molecule has 3 N–H and O–H groups in total. The standard InChI is InChI=1S/C11H14FNO3/c1-7(14)13-6-10(15)11(16)8-4-2-3-5-9(8)12/h2-5,10-11,15-16H,6H2,1H3,(H,13,14). The maximum Gasteiger partial charge on any atom is 0.216 e. The number of hydrogen-bond donors (Lipinski definition) is 3.